The number of aryl methyl sites for hydroxylation is 3. The lowest BCUT2D eigenvalue weighted by Gasteiger charge is -2.23. The molecular weight excluding hydrogens is 659 g/mol. The molecule has 1 amide bonds. The fourth-order valence-electron chi connectivity index (χ4n) is 5.69. The molecular formula is C37H39N5O5S2. The number of fused-ring (bicyclic) bond motifs is 1. The molecule has 6 rings (SSSR count). The number of carbonyl (C=O) groups excluding carboxylic acids is 2. The number of hydrogen-bond donors (Lipinski definition) is 1. The maximum absolute atomic E-state index is 14.0. The normalized spacial score (nSPS) is 15.9. The van der Waals surface area contributed by atoms with Gasteiger partial charge in [0.15, 0.2) is 21.6 Å². The molecule has 1 saturated heterocycles. The third kappa shape index (κ3) is 6.93. The van der Waals surface area contributed by atoms with Gasteiger partial charge < -0.3 is 19.0 Å². The summed E-state index contributed by atoms with van der Waals surface area (Å²) in [6.07, 6.45) is 2.72. The number of aliphatic hydroxyl groups is 1. The van der Waals surface area contributed by atoms with E-state index in [9.17, 15) is 14.7 Å². The van der Waals surface area contributed by atoms with Gasteiger partial charge in [0.1, 0.15) is 11.3 Å². The molecule has 10 nitrogen and oxygen atoms in total. The van der Waals surface area contributed by atoms with E-state index in [1.807, 2.05) is 50.4 Å². The molecule has 0 bridgehead atoms. The first kappa shape index (κ1) is 34.2. The molecule has 12 heteroatoms. The lowest BCUT2D eigenvalue weighted by atomic mass is 9.96. The Kier molecular flexibility index (Phi) is 10.1. The molecule has 4 heterocycles. The number of thioether (sulfide) groups is 1. The minimum absolute atomic E-state index is 0.0888. The maximum Gasteiger partial charge on any atom is 0.301 e. The van der Waals surface area contributed by atoms with Crippen molar-refractivity contribution in [3.63, 3.8) is 0 Å². The molecule has 0 aliphatic carbocycles. The Hall–Kier alpha value is -4.68. The summed E-state index contributed by atoms with van der Waals surface area (Å²) in [6.45, 7) is 12.8. The summed E-state index contributed by atoms with van der Waals surface area (Å²) in [5, 5.41) is 20.9. The van der Waals surface area contributed by atoms with Crippen LogP contribution in [0.4, 0.5) is 5.13 Å². The molecule has 0 saturated carbocycles. The van der Waals surface area contributed by atoms with Crippen molar-refractivity contribution in [3.8, 4) is 11.5 Å². The van der Waals surface area contributed by atoms with Gasteiger partial charge in [-0.3, -0.25) is 14.5 Å². The minimum atomic E-state index is -1.03. The van der Waals surface area contributed by atoms with E-state index in [-0.39, 0.29) is 22.2 Å². The molecule has 5 aromatic rings. The van der Waals surface area contributed by atoms with Crippen molar-refractivity contribution < 1.29 is 24.2 Å². The fourth-order valence-corrected chi connectivity index (χ4v) is 7.52. The van der Waals surface area contributed by atoms with Gasteiger partial charge in [0.25, 0.3) is 5.78 Å². The van der Waals surface area contributed by atoms with Gasteiger partial charge in [-0.05, 0) is 74.9 Å². The molecule has 2 aromatic carbocycles. The second-order valence-corrected chi connectivity index (χ2v) is 14.6. The van der Waals surface area contributed by atoms with E-state index in [0.29, 0.717) is 57.6 Å². The number of Topliss-reactive ketones (excluding diaryl/α,β-unsaturated/α-hetero) is 1. The van der Waals surface area contributed by atoms with Crippen LogP contribution in [0.3, 0.4) is 0 Å². The van der Waals surface area contributed by atoms with Crippen molar-refractivity contribution in [1.82, 2.24) is 19.6 Å². The van der Waals surface area contributed by atoms with E-state index < -0.39 is 17.7 Å². The van der Waals surface area contributed by atoms with Crippen molar-refractivity contribution in [1.29, 1.82) is 0 Å². The quantitative estimate of drug-likeness (QED) is 0.0457. The van der Waals surface area contributed by atoms with Crippen LogP contribution in [0.2, 0.25) is 0 Å². The zero-order chi connectivity index (χ0) is 34.8. The Morgan fingerprint density at radius 2 is 1.80 bits per heavy atom. The van der Waals surface area contributed by atoms with Crippen LogP contribution in [0.25, 0.3) is 11.4 Å². The van der Waals surface area contributed by atoms with Crippen LogP contribution < -0.4 is 14.4 Å². The van der Waals surface area contributed by atoms with E-state index >= 15 is 0 Å². The first-order chi connectivity index (χ1) is 23.6. The maximum atomic E-state index is 14.0. The zero-order valence-corrected chi connectivity index (χ0v) is 30.0. The summed E-state index contributed by atoms with van der Waals surface area (Å²) in [5.41, 5.74) is 5.17. The SMILES string of the molecule is CCOc1cc(C2C(=C(O)c3nc4c(C)cccn4c3C)C(=O)C(=O)N2c2nnc(SCc3ccc(C)cc3)s2)ccc1OCCC(C)C. The van der Waals surface area contributed by atoms with E-state index in [1.54, 1.807) is 18.2 Å². The summed E-state index contributed by atoms with van der Waals surface area (Å²) in [5.74, 6) is 0.148. The van der Waals surface area contributed by atoms with Crippen LogP contribution in [-0.2, 0) is 15.3 Å². The highest BCUT2D eigenvalue weighted by Crippen LogP contribution is 2.46. The first-order valence-corrected chi connectivity index (χ1v) is 18.0. The van der Waals surface area contributed by atoms with Gasteiger partial charge in [-0.1, -0.05) is 78.9 Å². The van der Waals surface area contributed by atoms with Crippen LogP contribution in [-0.4, -0.2) is 49.6 Å². The summed E-state index contributed by atoms with van der Waals surface area (Å²) in [6, 6.07) is 16.4. The van der Waals surface area contributed by atoms with Gasteiger partial charge in [0.05, 0.1) is 30.5 Å². The average Bonchev–Trinajstić information content (AvgIpc) is 3.76. The molecule has 1 N–H and O–H groups in total. The van der Waals surface area contributed by atoms with Crippen LogP contribution in [0.5, 0.6) is 11.5 Å². The van der Waals surface area contributed by atoms with Crippen molar-refractivity contribution in [2.45, 2.75) is 64.1 Å². The standard InChI is InChI=1S/C37H39N5O5S2/c1-7-46-28-19-26(14-15-27(28)47-18-16-21(2)3)31-29(32(43)30-24(6)41-17-8-9-23(5)34(41)38-30)33(44)35(45)42(31)36-39-40-37(49-36)48-20-25-12-10-22(4)11-13-25/h8-15,17,19,21,31,43H,7,16,18,20H2,1-6H3. The molecule has 3 aromatic heterocycles. The van der Waals surface area contributed by atoms with E-state index in [1.165, 1.54) is 33.6 Å². The molecule has 1 fully saturated rings. The highest BCUT2D eigenvalue weighted by molar-refractivity contribution is 8.00. The Morgan fingerprint density at radius 1 is 1.02 bits per heavy atom. The van der Waals surface area contributed by atoms with Crippen LogP contribution in [0.15, 0.2) is 70.7 Å². The summed E-state index contributed by atoms with van der Waals surface area (Å²) < 4.78 is 14.6. The Balaban J connectivity index is 1.44. The lowest BCUT2D eigenvalue weighted by molar-refractivity contribution is -0.132. The Labute approximate surface area is 293 Å². The molecule has 1 unspecified atom stereocenters. The second-order valence-electron chi connectivity index (χ2n) is 12.4. The number of benzene rings is 2. The number of aliphatic hydroxyl groups excluding tert-OH is 1. The van der Waals surface area contributed by atoms with Gasteiger partial charge in [0, 0.05) is 11.9 Å². The number of rotatable bonds is 12. The predicted octanol–water partition coefficient (Wildman–Crippen LogP) is 7.85. The van der Waals surface area contributed by atoms with Gasteiger partial charge in [-0.2, -0.15) is 0 Å². The monoisotopic (exact) mass is 697 g/mol. The lowest BCUT2D eigenvalue weighted by Crippen LogP contribution is -2.29. The number of hydrogen-bond acceptors (Lipinski definition) is 10. The molecule has 0 spiro atoms. The number of amides is 1. The number of aromatic nitrogens is 4. The number of anilines is 1. The summed E-state index contributed by atoms with van der Waals surface area (Å²) in [7, 11) is 0. The number of ketones is 1. The third-order valence-electron chi connectivity index (χ3n) is 8.37. The highest BCUT2D eigenvalue weighted by Gasteiger charge is 2.49. The number of ether oxygens (including phenoxy) is 2. The van der Waals surface area contributed by atoms with E-state index in [2.05, 4.69) is 48.3 Å². The average molecular weight is 698 g/mol. The number of carbonyl (C=O) groups is 2. The number of pyridine rings is 1. The second kappa shape index (κ2) is 14.4. The minimum Gasteiger partial charge on any atom is -0.505 e. The van der Waals surface area contributed by atoms with E-state index in [0.717, 1.165) is 17.5 Å². The third-order valence-corrected chi connectivity index (χ3v) is 10.5. The largest absolute Gasteiger partial charge is 0.505 e. The first-order valence-electron chi connectivity index (χ1n) is 16.2. The van der Waals surface area contributed by atoms with Crippen molar-refractivity contribution >= 4 is 51.3 Å². The molecule has 1 aliphatic rings. The van der Waals surface area contributed by atoms with Gasteiger partial charge >= 0.3 is 5.91 Å². The highest BCUT2D eigenvalue weighted by atomic mass is 32.2. The summed E-state index contributed by atoms with van der Waals surface area (Å²) in [4.78, 5) is 33.9. The molecule has 0 radical (unpaired) electrons. The Bertz CT molecular complexity index is 2050. The molecule has 49 heavy (non-hydrogen) atoms. The van der Waals surface area contributed by atoms with Crippen molar-refractivity contribution in [3.05, 3.63) is 100 Å². The van der Waals surface area contributed by atoms with Crippen molar-refractivity contribution in [2.75, 3.05) is 18.1 Å². The summed E-state index contributed by atoms with van der Waals surface area (Å²) >= 11 is 2.72. The number of nitrogens with zero attached hydrogens (tertiary/aromatic N) is 5. The topological polar surface area (TPSA) is 119 Å². The predicted molar refractivity (Wildman–Crippen MR) is 193 cm³/mol. The van der Waals surface area contributed by atoms with Crippen LogP contribution >= 0.6 is 23.1 Å². The van der Waals surface area contributed by atoms with E-state index in [4.69, 9.17) is 14.5 Å². The molecule has 1 aliphatic heterocycles. The molecule has 254 valence electrons. The Morgan fingerprint density at radius 3 is 2.51 bits per heavy atom. The van der Waals surface area contributed by atoms with Crippen LogP contribution in [0, 0.1) is 26.7 Å². The smallest absolute Gasteiger partial charge is 0.301 e. The van der Waals surface area contributed by atoms with Gasteiger partial charge in [-0.15, -0.1) is 10.2 Å². The number of imidazole rings is 1. The van der Waals surface area contributed by atoms with Crippen LogP contribution in [0.1, 0.15) is 66.9 Å². The van der Waals surface area contributed by atoms with Gasteiger partial charge in [-0.25, -0.2) is 4.98 Å². The zero-order valence-electron chi connectivity index (χ0n) is 28.4. The van der Waals surface area contributed by atoms with Gasteiger partial charge in [0.2, 0.25) is 5.13 Å². The van der Waals surface area contributed by atoms with Crippen molar-refractivity contribution in [2.24, 2.45) is 5.92 Å². The fraction of sp³-hybridized carbons (Fsp3) is 0.324. The molecule has 1 atom stereocenters.